The maximum absolute atomic E-state index is 9.59. The minimum Gasteiger partial charge on any atom is -0.382 e. The quantitative estimate of drug-likeness (QED) is 0.691. The van der Waals surface area contributed by atoms with Gasteiger partial charge < -0.3 is 10.5 Å². The van der Waals surface area contributed by atoms with Gasteiger partial charge in [0.15, 0.2) is 0 Å². The number of nitriles is 1. The highest BCUT2D eigenvalue weighted by atomic mass is 35.5. The van der Waals surface area contributed by atoms with Crippen LogP contribution in [0.25, 0.3) is 21.9 Å². The summed E-state index contributed by atoms with van der Waals surface area (Å²) in [5.41, 5.74) is 3.49. The Kier molecular flexibility index (Phi) is 4.95. The number of fused-ring (bicyclic) bond motifs is 1. The lowest BCUT2D eigenvalue weighted by Crippen LogP contribution is -2.37. The van der Waals surface area contributed by atoms with E-state index in [0.29, 0.717) is 29.7 Å². The van der Waals surface area contributed by atoms with Gasteiger partial charge in [-0.05, 0) is 59.7 Å². The predicted molar refractivity (Wildman–Crippen MR) is 107 cm³/mol. The second kappa shape index (κ2) is 7.53. The number of hydroxylamine groups is 2. The number of nitrogens with zero attached hydrogens (tertiary/aromatic N) is 3. The Bertz CT molecular complexity index is 1020. The topological polar surface area (TPSA) is 72.2 Å². The molecule has 0 atom stereocenters. The van der Waals surface area contributed by atoms with Gasteiger partial charge in [-0.2, -0.15) is 10.3 Å². The molecule has 0 aliphatic carbocycles. The number of halogens is 1. The van der Waals surface area contributed by atoms with E-state index in [2.05, 4.69) is 28.5 Å². The van der Waals surface area contributed by atoms with E-state index in [4.69, 9.17) is 16.9 Å². The number of rotatable bonds is 3. The molecule has 3 aromatic rings. The van der Waals surface area contributed by atoms with Crippen molar-refractivity contribution in [1.82, 2.24) is 10.0 Å². The summed E-state index contributed by atoms with van der Waals surface area (Å²) in [6, 6.07) is 14.1. The van der Waals surface area contributed by atoms with Crippen molar-refractivity contribution in [3.8, 4) is 17.2 Å². The molecule has 0 spiro atoms. The summed E-state index contributed by atoms with van der Waals surface area (Å²) in [6.45, 7) is 1.33. The maximum atomic E-state index is 9.59. The van der Waals surface area contributed by atoms with Gasteiger partial charge in [-0.1, -0.05) is 17.7 Å². The zero-order chi connectivity index (χ0) is 18.8. The summed E-state index contributed by atoms with van der Waals surface area (Å²) in [5.74, 6) is 0. The Morgan fingerprint density at radius 3 is 2.70 bits per heavy atom. The lowest BCUT2D eigenvalue weighted by Gasteiger charge is -2.29. The maximum Gasteiger partial charge on any atom is 0.101 e. The van der Waals surface area contributed by atoms with E-state index in [0.717, 1.165) is 40.4 Å². The number of hydrogen-bond donors (Lipinski definition) is 2. The van der Waals surface area contributed by atoms with Crippen molar-refractivity contribution in [2.75, 3.05) is 18.4 Å². The van der Waals surface area contributed by atoms with Gasteiger partial charge in [-0.15, -0.1) is 0 Å². The third kappa shape index (κ3) is 3.74. The Morgan fingerprint density at radius 2 is 1.96 bits per heavy atom. The van der Waals surface area contributed by atoms with Crippen molar-refractivity contribution in [3.63, 3.8) is 0 Å². The molecule has 1 aliphatic heterocycles. The third-order valence-corrected chi connectivity index (χ3v) is 5.32. The first-order valence-electron chi connectivity index (χ1n) is 8.92. The fourth-order valence-corrected chi connectivity index (χ4v) is 3.72. The molecule has 0 radical (unpaired) electrons. The number of anilines is 1. The van der Waals surface area contributed by atoms with Crippen molar-refractivity contribution in [3.05, 3.63) is 59.4 Å². The second-order valence-corrected chi connectivity index (χ2v) is 7.21. The van der Waals surface area contributed by atoms with E-state index in [1.807, 2.05) is 24.4 Å². The molecule has 5 nitrogen and oxygen atoms in total. The van der Waals surface area contributed by atoms with Crippen LogP contribution in [0.15, 0.2) is 48.8 Å². The Labute approximate surface area is 162 Å². The van der Waals surface area contributed by atoms with Crippen LogP contribution in [-0.2, 0) is 0 Å². The molecule has 1 saturated heterocycles. The molecule has 136 valence electrons. The van der Waals surface area contributed by atoms with E-state index in [1.54, 1.807) is 12.3 Å². The summed E-state index contributed by atoms with van der Waals surface area (Å²) in [7, 11) is 0. The number of benzene rings is 2. The Morgan fingerprint density at radius 1 is 1.15 bits per heavy atom. The zero-order valence-corrected chi connectivity index (χ0v) is 15.4. The first-order valence-corrected chi connectivity index (χ1v) is 9.30. The van der Waals surface area contributed by atoms with Crippen LogP contribution in [0.5, 0.6) is 0 Å². The van der Waals surface area contributed by atoms with Crippen LogP contribution in [0, 0.1) is 11.3 Å². The molecule has 27 heavy (non-hydrogen) atoms. The van der Waals surface area contributed by atoms with Crippen LogP contribution in [0.4, 0.5) is 5.69 Å². The van der Waals surface area contributed by atoms with Crippen molar-refractivity contribution in [2.45, 2.75) is 18.9 Å². The highest BCUT2D eigenvalue weighted by Gasteiger charge is 2.19. The van der Waals surface area contributed by atoms with Crippen molar-refractivity contribution < 1.29 is 5.21 Å². The lowest BCUT2D eigenvalue weighted by atomic mass is 9.98. The molecule has 4 rings (SSSR count). The van der Waals surface area contributed by atoms with Gasteiger partial charge in [0, 0.05) is 42.6 Å². The molecule has 0 unspecified atom stereocenters. The van der Waals surface area contributed by atoms with E-state index >= 15 is 0 Å². The molecule has 1 fully saturated rings. The zero-order valence-electron chi connectivity index (χ0n) is 14.7. The van der Waals surface area contributed by atoms with Gasteiger partial charge >= 0.3 is 0 Å². The van der Waals surface area contributed by atoms with Crippen molar-refractivity contribution in [1.29, 1.82) is 5.26 Å². The molecule has 6 heteroatoms. The number of hydrogen-bond acceptors (Lipinski definition) is 5. The fraction of sp³-hybridized carbons (Fsp3) is 0.238. The Balaban J connectivity index is 1.74. The molecule has 0 amide bonds. The molecule has 2 N–H and O–H groups in total. The van der Waals surface area contributed by atoms with Gasteiger partial charge in [0.1, 0.15) is 6.07 Å². The molecular weight excluding hydrogens is 360 g/mol. The normalized spacial score (nSPS) is 15.6. The molecule has 0 bridgehead atoms. The summed E-state index contributed by atoms with van der Waals surface area (Å²) < 4.78 is 0. The van der Waals surface area contributed by atoms with Crippen LogP contribution in [0.2, 0.25) is 5.02 Å². The number of piperidine rings is 1. The second-order valence-electron chi connectivity index (χ2n) is 6.80. The van der Waals surface area contributed by atoms with Crippen molar-refractivity contribution in [2.24, 2.45) is 0 Å². The van der Waals surface area contributed by atoms with Crippen LogP contribution >= 0.6 is 11.6 Å². The minimum absolute atomic E-state index is 0.302. The van der Waals surface area contributed by atoms with E-state index in [1.165, 1.54) is 5.06 Å². The third-order valence-electron chi connectivity index (χ3n) is 5.01. The summed E-state index contributed by atoms with van der Waals surface area (Å²) in [4.78, 5) is 4.27. The SMILES string of the molecule is N#Cc1ccc(-c2cc(NC3CCN(O)CC3)c3cnccc3c2)cc1Cl. The standard InChI is InChI=1S/C21H19ClN4O/c22-20-10-14(1-2-16(20)12-23)17-9-15-3-6-24-13-19(15)21(11-17)25-18-4-7-26(27)8-5-18/h1-3,6,9-11,13,18,25,27H,4-5,7-8H2. The lowest BCUT2D eigenvalue weighted by molar-refractivity contribution is -0.105. The van der Waals surface area contributed by atoms with Crippen LogP contribution < -0.4 is 5.32 Å². The van der Waals surface area contributed by atoms with Crippen LogP contribution in [0.1, 0.15) is 18.4 Å². The average Bonchev–Trinajstić information content (AvgIpc) is 2.69. The molecule has 0 saturated carbocycles. The van der Waals surface area contributed by atoms with Gasteiger partial charge in [0.05, 0.1) is 10.6 Å². The average molecular weight is 379 g/mol. The molecular formula is C21H19ClN4O. The predicted octanol–water partition coefficient (Wildman–Crippen LogP) is 4.69. The number of pyridine rings is 1. The smallest absolute Gasteiger partial charge is 0.101 e. The molecule has 2 aromatic carbocycles. The largest absolute Gasteiger partial charge is 0.382 e. The van der Waals surface area contributed by atoms with Crippen molar-refractivity contribution >= 4 is 28.1 Å². The summed E-state index contributed by atoms with van der Waals surface area (Å²) in [6.07, 6.45) is 5.41. The highest BCUT2D eigenvalue weighted by Crippen LogP contribution is 2.33. The van der Waals surface area contributed by atoms with Crippen LogP contribution in [-0.4, -0.2) is 34.4 Å². The molecule has 1 aromatic heterocycles. The number of aromatic nitrogens is 1. The molecule has 2 heterocycles. The fourth-order valence-electron chi connectivity index (χ4n) is 3.50. The monoisotopic (exact) mass is 378 g/mol. The van der Waals surface area contributed by atoms with E-state index in [9.17, 15) is 5.21 Å². The van der Waals surface area contributed by atoms with Crippen LogP contribution in [0.3, 0.4) is 0 Å². The first kappa shape index (κ1) is 17.7. The first-order chi connectivity index (χ1) is 13.1. The van der Waals surface area contributed by atoms with Gasteiger partial charge in [0.25, 0.3) is 0 Å². The van der Waals surface area contributed by atoms with E-state index < -0.39 is 0 Å². The van der Waals surface area contributed by atoms with E-state index in [-0.39, 0.29) is 0 Å². The van der Waals surface area contributed by atoms with Gasteiger partial charge in [-0.3, -0.25) is 4.98 Å². The highest BCUT2D eigenvalue weighted by molar-refractivity contribution is 6.32. The van der Waals surface area contributed by atoms with Gasteiger partial charge in [-0.25, -0.2) is 0 Å². The molecule has 1 aliphatic rings. The van der Waals surface area contributed by atoms with Gasteiger partial charge in [0.2, 0.25) is 0 Å². The Hall–Kier alpha value is -2.65. The summed E-state index contributed by atoms with van der Waals surface area (Å²) >= 11 is 6.23. The number of nitrogens with one attached hydrogen (secondary N) is 1. The minimum atomic E-state index is 0.302. The summed E-state index contributed by atoms with van der Waals surface area (Å²) in [5, 5.41) is 26.3.